The van der Waals surface area contributed by atoms with Gasteiger partial charge in [0.05, 0.1) is 23.7 Å². The van der Waals surface area contributed by atoms with Gasteiger partial charge in [-0.05, 0) is 42.3 Å². The number of rotatable bonds is 7. The third kappa shape index (κ3) is 4.49. The highest BCUT2D eigenvalue weighted by molar-refractivity contribution is 7.11. The highest BCUT2D eigenvalue weighted by Crippen LogP contribution is 2.26. The molecule has 1 amide bonds. The van der Waals surface area contributed by atoms with E-state index in [0.29, 0.717) is 18.2 Å². The van der Waals surface area contributed by atoms with Gasteiger partial charge in [0, 0.05) is 17.5 Å². The molecule has 0 aliphatic rings. The molecule has 0 saturated carbocycles. The van der Waals surface area contributed by atoms with Gasteiger partial charge >= 0.3 is 0 Å². The average molecular weight is 418 g/mol. The summed E-state index contributed by atoms with van der Waals surface area (Å²) in [4.78, 5) is 22.5. The van der Waals surface area contributed by atoms with Gasteiger partial charge in [0.25, 0.3) is 0 Å². The summed E-state index contributed by atoms with van der Waals surface area (Å²) in [5.41, 5.74) is 2.14. The second-order valence-corrected chi connectivity index (χ2v) is 8.11. The first-order chi connectivity index (χ1) is 14.6. The summed E-state index contributed by atoms with van der Waals surface area (Å²) in [6, 6.07) is 18.3. The van der Waals surface area contributed by atoms with Crippen molar-refractivity contribution >= 4 is 33.8 Å². The molecule has 0 fully saturated rings. The van der Waals surface area contributed by atoms with E-state index in [1.54, 1.807) is 29.7 Å². The van der Waals surface area contributed by atoms with Crippen LogP contribution in [0.3, 0.4) is 0 Å². The number of aryl methyl sites for hydroxylation is 1. The molecule has 0 radical (unpaired) electrons. The third-order valence-corrected chi connectivity index (χ3v) is 5.97. The Morgan fingerprint density at radius 3 is 2.80 bits per heavy atom. The van der Waals surface area contributed by atoms with E-state index < -0.39 is 0 Å². The Labute approximate surface area is 179 Å². The Kier molecular flexibility index (Phi) is 6.05. The number of hydrogen-bond acceptors (Lipinski definition) is 5. The topological polar surface area (TPSA) is 64.1 Å². The lowest BCUT2D eigenvalue weighted by atomic mass is 10.0. The molecular weight excluding hydrogens is 394 g/mol. The lowest BCUT2D eigenvalue weighted by molar-refractivity contribution is -0.115. The van der Waals surface area contributed by atoms with E-state index in [1.165, 1.54) is 16.3 Å². The van der Waals surface area contributed by atoms with Crippen LogP contribution in [0.15, 0.2) is 60.8 Å². The third-order valence-electron chi connectivity index (χ3n) is 4.81. The predicted molar refractivity (Wildman–Crippen MR) is 121 cm³/mol. The molecule has 2 heterocycles. The molecular formula is C24H23N3O2S. The number of thiazole rings is 1. The van der Waals surface area contributed by atoms with Crippen molar-refractivity contribution in [2.75, 3.05) is 11.9 Å². The minimum absolute atomic E-state index is 0.127. The zero-order chi connectivity index (χ0) is 20.9. The number of nitrogens with zero attached hydrogens (tertiary/aromatic N) is 2. The molecule has 0 aliphatic heterocycles. The number of hydrogen-bond donors (Lipinski definition) is 1. The normalized spacial score (nSPS) is 10.9. The number of ether oxygens (including phenoxy) is 1. The lowest BCUT2D eigenvalue weighted by Crippen LogP contribution is -2.16. The molecule has 30 heavy (non-hydrogen) atoms. The van der Waals surface area contributed by atoms with Gasteiger partial charge in [-0.2, -0.15) is 0 Å². The summed E-state index contributed by atoms with van der Waals surface area (Å²) in [5.74, 6) is 0.895. The minimum Gasteiger partial charge on any atom is -0.490 e. The van der Waals surface area contributed by atoms with Gasteiger partial charge in [-0.3, -0.25) is 4.79 Å². The molecule has 6 heteroatoms. The number of aromatic nitrogens is 2. The van der Waals surface area contributed by atoms with E-state index in [2.05, 4.69) is 52.8 Å². The van der Waals surface area contributed by atoms with Gasteiger partial charge < -0.3 is 10.1 Å². The van der Waals surface area contributed by atoms with E-state index in [1.807, 2.05) is 13.8 Å². The number of nitrogens with one attached hydrogen (secondary N) is 1. The molecule has 1 N–H and O–H groups in total. The number of benzene rings is 2. The van der Waals surface area contributed by atoms with Gasteiger partial charge in [-0.15, -0.1) is 11.3 Å². The second-order valence-electron chi connectivity index (χ2n) is 6.94. The Morgan fingerprint density at radius 2 is 1.93 bits per heavy atom. The van der Waals surface area contributed by atoms with Crippen LogP contribution in [-0.2, 0) is 17.6 Å². The number of anilines is 1. The van der Waals surface area contributed by atoms with Crippen molar-refractivity contribution < 1.29 is 9.53 Å². The highest BCUT2D eigenvalue weighted by atomic mass is 32.1. The van der Waals surface area contributed by atoms with Crippen molar-refractivity contribution in [3.8, 4) is 5.75 Å². The summed E-state index contributed by atoms with van der Waals surface area (Å²) in [5, 5.41) is 6.34. The monoisotopic (exact) mass is 417 g/mol. The van der Waals surface area contributed by atoms with Crippen LogP contribution < -0.4 is 10.1 Å². The highest BCUT2D eigenvalue weighted by Gasteiger charge is 2.15. The van der Waals surface area contributed by atoms with Gasteiger partial charge in [0.15, 0.2) is 11.6 Å². The van der Waals surface area contributed by atoms with Gasteiger partial charge in [0.2, 0.25) is 5.91 Å². The van der Waals surface area contributed by atoms with E-state index in [0.717, 1.165) is 22.0 Å². The zero-order valence-electron chi connectivity index (χ0n) is 17.0. The molecule has 2 aromatic heterocycles. The van der Waals surface area contributed by atoms with E-state index in [9.17, 15) is 4.79 Å². The minimum atomic E-state index is -0.127. The molecule has 0 bridgehead atoms. The van der Waals surface area contributed by atoms with E-state index in [-0.39, 0.29) is 12.3 Å². The number of carbonyl (C=O) groups excluding carboxylic acids is 1. The van der Waals surface area contributed by atoms with Crippen LogP contribution in [0.4, 0.5) is 5.82 Å². The zero-order valence-corrected chi connectivity index (χ0v) is 17.8. The molecule has 0 saturated heterocycles. The fourth-order valence-electron chi connectivity index (χ4n) is 3.42. The summed E-state index contributed by atoms with van der Waals surface area (Å²) >= 11 is 1.59. The number of carbonyl (C=O) groups is 1. The molecule has 4 aromatic rings. The Hall–Kier alpha value is -3.25. The van der Waals surface area contributed by atoms with Crippen molar-refractivity contribution in [1.82, 2.24) is 9.97 Å². The van der Waals surface area contributed by atoms with Crippen LogP contribution in [0, 0.1) is 6.92 Å². The van der Waals surface area contributed by atoms with Crippen molar-refractivity contribution in [1.29, 1.82) is 0 Å². The van der Waals surface area contributed by atoms with E-state index in [4.69, 9.17) is 9.72 Å². The summed E-state index contributed by atoms with van der Waals surface area (Å²) in [6.45, 7) is 4.37. The second kappa shape index (κ2) is 9.05. The Morgan fingerprint density at radius 1 is 1.10 bits per heavy atom. The molecule has 5 nitrogen and oxygen atoms in total. The SMILES string of the molecule is CCOc1cccnc1NC(=O)Cc1sc(Cc2cccc3ccccc23)nc1C. The first kappa shape index (κ1) is 20.0. The fraction of sp³-hybridized carbons (Fsp3) is 0.208. The average Bonchev–Trinajstić information content (AvgIpc) is 3.08. The Balaban J connectivity index is 1.48. The van der Waals surface area contributed by atoms with Gasteiger partial charge in [0.1, 0.15) is 0 Å². The largest absolute Gasteiger partial charge is 0.490 e. The lowest BCUT2D eigenvalue weighted by Gasteiger charge is -2.09. The quantitative estimate of drug-likeness (QED) is 0.451. The molecule has 152 valence electrons. The maximum absolute atomic E-state index is 12.6. The first-order valence-corrected chi connectivity index (χ1v) is 10.7. The Bertz CT molecular complexity index is 1180. The summed E-state index contributed by atoms with van der Waals surface area (Å²) in [6.07, 6.45) is 2.66. The number of pyridine rings is 1. The van der Waals surface area contributed by atoms with Crippen LogP contribution in [0.25, 0.3) is 10.8 Å². The van der Waals surface area contributed by atoms with Crippen molar-refractivity contribution in [3.05, 3.63) is 81.9 Å². The number of amides is 1. The van der Waals surface area contributed by atoms with Crippen LogP contribution >= 0.6 is 11.3 Å². The van der Waals surface area contributed by atoms with Gasteiger partial charge in [-0.25, -0.2) is 9.97 Å². The summed E-state index contributed by atoms with van der Waals surface area (Å²) < 4.78 is 5.53. The van der Waals surface area contributed by atoms with Crippen LogP contribution in [0.2, 0.25) is 0 Å². The van der Waals surface area contributed by atoms with Crippen LogP contribution in [-0.4, -0.2) is 22.5 Å². The van der Waals surface area contributed by atoms with Crippen LogP contribution in [0.1, 0.15) is 28.1 Å². The smallest absolute Gasteiger partial charge is 0.230 e. The summed E-state index contributed by atoms with van der Waals surface area (Å²) in [7, 11) is 0. The van der Waals surface area contributed by atoms with Crippen molar-refractivity contribution in [2.24, 2.45) is 0 Å². The molecule has 4 rings (SSSR count). The van der Waals surface area contributed by atoms with Crippen molar-refractivity contribution in [2.45, 2.75) is 26.7 Å². The number of fused-ring (bicyclic) bond motifs is 1. The molecule has 0 atom stereocenters. The van der Waals surface area contributed by atoms with Gasteiger partial charge in [-0.1, -0.05) is 42.5 Å². The van der Waals surface area contributed by atoms with Crippen LogP contribution in [0.5, 0.6) is 5.75 Å². The molecule has 0 aliphatic carbocycles. The predicted octanol–water partition coefficient (Wildman–Crippen LogP) is 5.17. The maximum Gasteiger partial charge on any atom is 0.230 e. The fourth-order valence-corrected chi connectivity index (χ4v) is 4.51. The molecule has 0 spiro atoms. The molecule has 2 aromatic carbocycles. The van der Waals surface area contributed by atoms with E-state index >= 15 is 0 Å². The maximum atomic E-state index is 12.6. The first-order valence-electron chi connectivity index (χ1n) is 9.93. The standard InChI is InChI=1S/C24H23N3O2S/c1-3-29-20-12-7-13-25-24(20)27-22(28)15-21-16(2)26-23(30-21)14-18-10-6-9-17-8-4-5-11-19(17)18/h4-13H,3,14-15H2,1-2H3,(H,25,27,28). The van der Waals surface area contributed by atoms with Crippen molar-refractivity contribution in [3.63, 3.8) is 0 Å². The molecule has 0 unspecified atom stereocenters.